The van der Waals surface area contributed by atoms with Crippen LogP contribution in [0.4, 0.5) is 0 Å². The first kappa shape index (κ1) is 19.0. The molecule has 3 aliphatic heterocycles. The summed E-state index contributed by atoms with van der Waals surface area (Å²) in [4.78, 5) is 21.4. The van der Waals surface area contributed by atoms with Crippen LogP contribution >= 0.6 is 0 Å². The number of sulfone groups is 1. The summed E-state index contributed by atoms with van der Waals surface area (Å²) in [6.45, 7) is 4.39. The number of ether oxygens (including phenoxy) is 1. The Morgan fingerprint density at radius 3 is 2.72 bits per heavy atom. The van der Waals surface area contributed by atoms with E-state index in [0.717, 1.165) is 30.4 Å². The lowest BCUT2D eigenvalue weighted by Gasteiger charge is -2.50. The number of amides is 1. The van der Waals surface area contributed by atoms with Gasteiger partial charge in [-0.25, -0.2) is 8.42 Å². The summed E-state index contributed by atoms with van der Waals surface area (Å²) in [7, 11) is -3.21. The number of morpholine rings is 1. The third-order valence-electron chi connectivity index (χ3n) is 6.76. The fourth-order valence-corrected chi connectivity index (χ4v) is 7.42. The normalized spacial score (nSPS) is 25.9. The van der Waals surface area contributed by atoms with Crippen molar-refractivity contribution in [1.29, 1.82) is 0 Å². The number of carbonyl (C=O) groups is 1. The van der Waals surface area contributed by atoms with Gasteiger partial charge in [-0.05, 0) is 23.8 Å². The third kappa shape index (κ3) is 3.05. The molecule has 7 nitrogen and oxygen atoms in total. The van der Waals surface area contributed by atoms with Crippen molar-refractivity contribution >= 4 is 26.5 Å². The van der Waals surface area contributed by atoms with E-state index in [1.165, 1.54) is 0 Å². The summed E-state index contributed by atoms with van der Waals surface area (Å²) >= 11 is 0. The Balaban J connectivity index is 1.37. The lowest BCUT2D eigenvalue weighted by molar-refractivity contribution is 0.0139. The SMILES string of the molecule is O=C(c1nccc2ccccc12)N1CC2(C1)C(CN1CCOCC1)CCS2(=O)=O. The van der Waals surface area contributed by atoms with E-state index < -0.39 is 14.6 Å². The van der Waals surface area contributed by atoms with Gasteiger partial charge in [0.2, 0.25) is 0 Å². The van der Waals surface area contributed by atoms with Gasteiger partial charge in [0.25, 0.3) is 5.91 Å². The quantitative estimate of drug-likeness (QED) is 0.749. The number of hydrogen-bond acceptors (Lipinski definition) is 6. The number of likely N-dealkylation sites (tertiary alicyclic amines) is 1. The van der Waals surface area contributed by atoms with E-state index in [1.807, 2.05) is 30.3 Å². The molecule has 1 atom stereocenters. The number of rotatable bonds is 3. The summed E-state index contributed by atoms with van der Waals surface area (Å²) in [5.74, 6) is 0.103. The Kier molecular flexibility index (Phi) is 4.60. The van der Waals surface area contributed by atoms with Gasteiger partial charge in [-0.1, -0.05) is 24.3 Å². The molecule has 2 aromatic rings. The average Bonchev–Trinajstić information content (AvgIpc) is 2.97. The second-order valence-corrected chi connectivity index (χ2v) is 10.8. The van der Waals surface area contributed by atoms with Gasteiger partial charge in [0.05, 0.1) is 19.0 Å². The summed E-state index contributed by atoms with van der Waals surface area (Å²) < 4.78 is 30.5. The van der Waals surface area contributed by atoms with Crippen LogP contribution < -0.4 is 0 Å². The van der Waals surface area contributed by atoms with E-state index in [1.54, 1.807) is 11.1 Å². The standard InChI is InChI=1S/C21H25N3O4S/c25-20(19-18-4-2-1-3-16(18)5-7-22-19)24-14-21(15-24)17(6-12-29(21,26)27)13-23-8-10-28-11-9-23/h1-5,7,17H,6,8-15H2. The van der Waals surface area contributed by atoms with Crippen molar-refractivity contribution in [3.05, 3.63) is 42.2 Å². The number of hydrogen-bond donors (Lipinski definition) is 0. The molecule has 1 aromatic heterocycles. The lowest BCUT2D eigenvalue weighted by atomic mass is 9.82. The van der Waals surface area contributed by atoms with E-state index >= 15 is 0 Å². The molecule has 3 saturated heterocycles. The maximum Gasteiger partial charge on any atom is 0.273 e. The van der Waals surface area contributed by atoms with Crippen molar-refractivity contribution in [1.82, 2.24) is 14.8 Å². The molecule has 29 heavy (non-hydrogen) atoms. The fraction of sp³-hybridized carbons (Fsp3) is 0.524. The van der Waals surface area contributed by atoms with Crippen molar-refractivity contribution in [3.8, 4) is 0 Å². The largest absolute Gasteiger partial charge is 0.379 e. The number of nitrogens with zero attached hydrogens (tertiary/aromatic N) is 3. The van der Waals surface area contributed by atoms with Crippen LogP contribution in [0.2, 0.25) is 0 Å². The second-order valence-electron chi connectivity index (χ2n) is 8.32. The Labute approximate surface area is 170 Å². The van der Waals surface area contributed by atoms with Crippen molar-refractivity contribution in [2.45, 2.75) is 11.2 Å². The average molecular weight is 416 g/mol. The first-order valence-corrected chi connectivity index (χ1v) is 11.8. The van der Waals surface area contributed by atoms with Gasteiger partial charge in [0.15, 0.2) is 9.84 Å². The van der Waals surface area contributed by atoms with Crippen molar-refractivity contribution in [3.63, 3.8) is 0 Å². The van der Waals surface area contributed by atoms with Gasteiger partial charge < -0.3 is 9.64 Å². The number of pyridine rings is 1. The van der Waals surface area contributed by atoms with Gasteiger partial charge in [0.1, 0.15) is 10.4 Å². The van der Waals surface area contributed by atoms with Crippen LogP contribution in [0.1, 0.15) is 16.9 Å². The van der Waals surface area contributed by atoms with Gasteiger partial charge >= 0.3 is 0 Å². The molecule has 0 aliphatic carbocycles. The van der Waals surface area contributed by atoms with Gasteiger partial charge in [-0.3, -0.25) is 14.7 Å². The number of benzene rings is 1. The lowest BCUT2D eigenvalue weighted by Crippen LogP contribution is -2.69. The first-order valence-electron chi connectivity index (χ1n) is 10.2. The van der Waals surface area contributed by atoms with Gasteiger partial charge in [-0.2, -0.15) is 0 Å². The Morgan fingerprint density at radius 1 is 1.17 bits per heavy atom. The van der Waals surface area contributed by atoms with Crippen LogP contribution in [0.15, 0.2) is 36.5 Å². The molecule has 8 heteroatoms. The zero-order valence-electron chi connectivity index (χ0n) is 16.3. The van der Waals surface area contributed by atoms with Crippen LogP contribution in [0, 0.1) is 5.92 Å². The van der Waals surface area contributed by atoms with Crippen molar-refractivity contribution < 1.29 is 17.9 Å². The van der Waals surface area contributed by atoms with Crippen LogP contribution in [0.3, 0.4) is 0 Å². The molecular weight excluding hydrogens is 390 g/mol. The van der Waals surface area contributed by atoms with Crippen molar-refractivity contribution in [2.75, 3.05) is 51.7 Å². The zero-order valence-corrected chi connectivity index (χ0v) is 17.1. The molecule has 0 radical (unpaired) electrons. The summed E-state index contributed by atoms with van der Waals surface area (Å²) in [5, 5.41) is 1.76. The van der Waals surface area contributed by atoms with Crippen LogP contribution in [-0.2, 0) is 14.6 Å². The first-order chi connectivity index (χ1) is 14.0. The predicted molar refractivity (Wildman–Crippen MR) is 110 cm³/mol. The molecule has 1 spiro atoms. The molecular formula is C21H25N3O4S. The Hall–Kier alpha value is -2.03. The van der Waals surface area contributed by atoms with Crippen LogP contribution in [-0.4, -0.2) is 85.5 Å². The molecule has 1 aromatic carbocycles. The number of aromatic nitrogens is 1. The fourth-order valence-electron chi connectivity index (χ4n) is 5.01. The molecule has 3 aliphatic rings. The molecule has 0 saturated carbocycles. The highest BCUT2D eigenvalue weighted by Gasteiger charge is 2.62. The smallest absolute Gasteiger partial charge is 0.273 e. The molecule has 1 unspecified atom stereocenters. The van der Waals surface area contributed by atoms with E-state index in [4.69, 9.17) is 4.74 Å². The Bertz CT molecular complexity index is 1040. The minimum absolute atomic E-state index is 0.0649. The number of carbonyl (C=O) groups excluding carboxylic acids is 1. The molecule has 5 rings (SSSR count). The van der Waals surface area contributed by atoms with Crippen LogP contribution in [0.5, 0.6) is 0 Å². The third-order valence-corrected chi connectivity index (χ3v) is 9.36. The summed E-state index contributed by atoms with van der Waals surface area (Å²) in [6.07, 6.45) is 2.31. The molecule has 3 fully saturated rings. The topological polar surface area (TPSA) is 79.8 Å². The highest BCUT2D eigenvalue weighted by Crippen LogP contribution is 2.45. The van der Waals surface area contributed by atoms with E-state index in [-0.39, 0.29) is 30.7 Å². The minimum atomic E-state index is -3.21. The van der Waals surface area contributed by atoms with Gasteiger partial charge in [0, 0.05) is 44.3 Å². The minimum Gasteiger partial charge on any atom is -0.379 e. The summed E-state index contributed by atoms with van der Waals surface area (Å²) in [6, 6.07) is 9.53. The zero-order chi connectivity index (χ0) is 20.1. The van der Waals surface area contributed by atoms with Gasteiger partial charge in [-0.15, -0.1) is 0 Å². The Morgan fingerprint density at radius 2 is 1.93 bits per heavy atom. The highest BCUT2D eigenvalue weighted by molar-refractivity contribution is 7.93. The van der Waals surface area contributed by atoms with E-state index in [2.05, 4.69) is 9.88 Å². The number of fused-ring (bicyclic) bond motifs is 1. The molecule has 0 bridgehead atoms. The van der Waals surface area contributed by atoms with E-state index in [9.17, 15) is 13.2 Å². The molecule has 154 valence electrons. The molecule has 1 amide bonds. The highest BCUT2D eigenvalue weighted by atomic mass is 32.2. The van der Waals surface area contributed by atoms with E-state index in [0.29, 0.717) is 25.3 Å². The molecule has 0 N–H and O–H groups in total. The monoisotopic (exact) mass is 415 g/mol. The maximum absolute atomic E-state index is 13.1. The predicted octanol–water partition coefficient (Wildman–Crippen LogP) is 1.20. The van der Waals surface area contributed by atoms with Crippen LogP contribution in [0.25, 0.3) is 10.8 Å². The maximum atomic E-state index is 13.1. The molecule has 4 heterocycles. The summed E-state index contributed by atoms with van der Waals surface area (Å²) in [5.41, 5.74) is 0.401. The van der Waals surface area contributed by atoms with Crippen molar-refractivity contribution in [2.24, 2.45) is 5.92 Å². The second kappa shape index (κ2) is 7.04.